The quantitative estimate of drug-likeness (QED) is 0.420. The maximum atomic E-state index is 13.2. The fraction of sp³-hybridized carbons (Fsp3) is 0.238. The molecular weight excluding hydrogens is 456 g/mol. The third kappa shape index (κ3) is 4.18. The predicted molar refractivity (Wildman–Crippen MR) is 123 cm³/mol. The van der Waals surface area contributed by atoms with E-state index < -0.39 is 16.1 Å². The summed E-state index contributed by atoms with van der Waals surface area (Å²) in [5.74, 6) is -0.272. The lowest BCUT2D eigenvalue weighted by atomic mass is 10.1. The molecule has 4 rings (SSSR count). The molecule has 7 nitrogen and oxygen atoms in total. The number of halogens is 1. The number of nitrogens with zero attached hydrogens (tertiary/aromatic N) is 2. The van der Waals surface area contributed by atoms with E-state index in [2.05, 4.69) is 0 Å². The standard InChI is InChI=1S/C21H21ClN4O3S2/c1-25(31(28,29)19-11-15-10-16(22)5-6-18(15)30-19)17-7-8-26(21(17)27)12-13-3-2-4-14(9-13)20(23)24/h2-6,9-11,17H,7-8,12H2,1H3,(H3,23,24). The van der Waals surface area contributed by atoms with E-state index in [0.717, 1.165) is 27.0 Å². The average Bonchev–Trinajstić information content (AvgIpc) is 3.31. The number of nitrogens with two attached hydrogens (primary N) is 1. The zero-order valence-electron chi connectivity index (χ0n) is 16.7. The molecule has 3 aromatic rings. The molecule has 0 radical (unpaired) electrons. The van der Waals surface area contributed by atoms with Crippen LogP contribution in [0, 0.1) is 5.41 Å². The number of nitrogen functional groups attached to an aromatic ring is 1. The van der Waals surface area contributed by atoms with E-state index >= 15 is 0 Å². The van der Waals surface area contributed by atoms with Crippen molar-refractivity contribution < 1.29 is 13.2 Å². The SMILES string of the molecule is CN(C1CCN(Cc2cccc(C(=N)N)c2)C1=O)S(=O)(=O)c1cc2cc(Cl)ccc2s1. The highest BCUT2D eigenvalue weighted by Gasteiger charge is 2.40. The molecule has 1 aliphatic heterocycles. The van der Waals surface area contributed by atoms with Crippen LogP contribution in [0.4, 0.5) is 0 Å². The van der Waals surface area contributed by atoms with Crippen molar-refractivity contribution in [2.75, 3.05) is 13.6 Å². The summed E-state index contributed by atoms with van der Waals surface area (Å²) in [5.41, 5.74) is 6.97. The molecule has 0 aliphatic carbocycles. The number of rotatable bonds is 6. The van der Waals surface area contributed by atoms with Gasteiger partial charge in [-0.1, -0.05) is 29.8 Å². The molecule has 1 unspecified atom stereocenters. The van der Waals surface area contributed by atoms with Gasteiger partial charge in [0.15, 0.2) is 0 Å². The lowest BCUT2D eigenvalue weighted by molar-refractivity contribution is -0.131. The highest BCUT2D eigenvalue weighted by atomic mass is 35.5. The Morgan fingerprint density at radius 2 is 2.06 bits per heavy atom. The smallest absolute Gasteiger partial charge is 0.253 e. The first-order valence-electron chi connectivity index (χ1n) is 9.56. The molecule has 2 heterocycles. The summed E-state index contributed by atoms with van der Waals surface area (Å²) >= 11 is 7.18. The Balaban J connectivity index is 1.53. The van der Waals surface area contributed by atoms with Crippen LogP contribution in [0.3, 0.4) is 0 Å². The van der Waals surface area contributed by atoms with Crippen LogP contribution in [0.15, 0.2) is 52.7 Å². The minimum Gasteiger partial charge on any atom is -0.384 e. The van der Waals surface area contributed by atoms with Crippen molar-refractivity contribution in [1.29, 1.82) is 5.41 Å². The number of thiophene rings is 1. The minimum absolute atomic E-state index is 0.0390. The Labute approximate surface area is 189 Å². The molecule has 10 heteroatoms. The molecule has 162 valence electrons. The minimum atomic E-state index is -3.83. The number of nitrogens with one attached hydrogen (secondary N) is 1. The van der Waals surface area contributed by atoms with Gasteiger partial charge in [-0.05, 0) is 47.7 Å². The first kappa shape index (κ1) is 21.8. The predicted octanol–water partition coefficient (Wildman–Crippen LogP) is 3.26. The molecule has 31 heavy (non-hydrogen) atoms. The van der Waals surface area contributed by atoms with Crippen molar-refractivity contribution >= 4 is 54.8 Å². The first-order valence-corrected chi connectivity index (χ1v) is 12.2. The van der Waals surface area contributed by atoms with Gasteiger partial charge in [-0.25, -0.2) is 8.42 Å². The molecular formula is C21H21ClN4O3S2. The molecule has 0 bridgehead atoms. The highest BCUT2D eigenvalue weighted by molar-refractivity contribution is 7.91. The van der Waals surface area contributed by atoms with Gasteiger partial charge in [0.25, 0.3) is 10.0 Å². The highest BCUT2D eigenvalue weighted by Crippen LogP contribution is 2.34. The molecule has 1 aliphatic rings. The Kier molecular flexibility index (Phi) is 5.78. The summed E-state index contributed by atoms with van der Waals surface area (Å²) in [6.45, 7) is 0.793. The maximum absolute atomic E-state index is 13.2. The molecule has 1 fully saturated rings. The van der Waals surface area contributed by atoms with Crippen LogP contribution in [0.5, 0.6) is 0 Å². The molecule has 1 atom stereocenters. The fourth-order valence-corrected chi connectivity index (χ4v) is 6.79. The fourth-order valence-electron chi connectivity index (χ4n) is 3.70. The second-order valence-corrected chi connectivity index (χ2v) is 11.2. The van der Waals surface area contributed by atoms with Gasteiger partial charge in [-0.15, -0.1) is 11.3 Å². The van der Waals surface area contributed by atoms with Crippen molar-refractivity contribution in [1.82, 2.24) is 9.21 Å². The zero-order valence-corrected chi connectivity index (χ0v) is 19.1. The summed E-state index contributed by atoms with van der Waals surface area (Å²) in [7, 11) is -2.37. The molecule has 1 aromatic heterocycles. The van der Waals surface area contributed by atoms with Gasteiger partial charge in [0, 0.05) is 35.4 Å². The number of hydrogen-bond donors (Lipinski definition) is 2. The van der Waals surface area contributed by atoms with Gasteiger partial charge in [-0.2, -0.15) is 4.31 Å². The zero-order chi connectivity index (χ0) is 22.3. The number of likely N-dealkylation sites (N-methyl/N-ethyl adjacent to an activating group) is 1. The Morgan fingerprint density at radius 1 is 1.29 bits per heavy atom. The lowest BCUT2D eigenvalue weighted by Crippen LogP contribution is -2.42. The van der Waals surface area contributed by atoms with E-state index in [1.54, 1.807) is 47.4 Å². The van der Waals surface area contributed by atoms with Gasteiger partial charge in [0.1, 0.15) is 16.1 Å². The van der Waals surface area contributed by atoms with Gasteiger partial charge >= 0.3 is 0 Å². The molecule has 2 aromatic carbocycles. The Hall–Kier alpha value is -2.46. The van der Waals surface area contributed by atoms with Crippen molar-refractivity contribution in [2.24, 2.45) is 5.73 Å². The van der Waals surface area contributed by atoms with Gasteiger partial charge in [0.2, 0.25) is 5.91 Å². The van der Waals surface area contributed by atoms with E-state index in [4.69, 9.17) is 22.7 Å². The van der Waals surface area contributed by atoms with Crippen LogP contribution in [0.25, 0.3) is 10.1 Å². The van der Waals surface area contributed by atoms with Gasteiger partial charge in [0.05, 0.1) is 0 Å². The van der Waals surface area contributed by atoms with Crippen molar-refractivity contribution in [2.45, 2.75) is 23.2 Å². The second-order valence-electron chi connectivity index (χ2n) is 7.45. The normalized spacial score (nSPS) is 17.1. The third-order valence-electron chi connectivity index (χ3n) is 5.41. The van der Waals surface area contributed by atoms with E-state index in [0.29, 0.717) is 30.1 Å². The van der Waals surface area contributed by atoms with Crippen molar-refractivity contribution in [3.8, 4) is 0 Å². The van der Waals surface area contributed by atoms with Crippen LogP contribution < -0.4 is 5.73 Å². The Morgan fingerprint density at radius 3 is 2.81 bits per heavy atom. The van der Waals surface area contributed by atoms with Crippen LogP contribution in [-0.4, -0.2) is 49.0 Å². The molecule has 0 spiro atoms. The van der Waals surface area contributed by atoms with E-state index in [-0.39, 0.29) is 16.0 Å². The average molecular weight is 477 g/mol. The van der Waals surface area contributed by atoms with Crippen LogP contribution in [-0.2, 0) is 21.4 Å². The summed E-state index contributed by atoms with van der Waals surface area (Å²) in [4.78, 5) is 14.6. The Bertz CT molecular complexity index is 1290. The summed E-state index contributed by atoms with van der Waals surface area (Å²) in [5, 5.41) is 8.86. The molecule has 3 N–H and O–H groups in total. The van der Waals surface area contributed by atoms with Crippen molar-refractivity contribution in [3.63, 3.8) is 0 Å². The van der Waals surface area contributed by atoms with E-state index in [9.17, 15) is 13.2 Å². The van der Waals surface area contributed by atoms with E-state index in [1.807, 2.05) is 6.07 Å². The summed E-state index contributed by atoms with van der Waals surface area (Å²) < 4.78 is 28.6. The third-order valence-corrected chi connectivity index (χ3v) is 9.08. The van der Waals surface area contributed by atoms with Gasteiger partial charge in [-0.3, -0.25) is 10.2 Å². The van der Waals surface area contributed by atoms with Crippen molar-refractivity contribution in [3.05, 3.63) is 64.7 Å². The van der Waals surface area contributed by atoms with Crippen LogP contribution in [0.2, 0.25) is 5.02 Å². The number of amidine groups is 1. The number of carbonyl (C=O) groups is 1. The number of likely N-dealkylation sites (tertiary alicyclic amines) is 1. The number of hydrogen-bond acceptors (Lipinski definition) is 5. The second kappa shape index (κ2) is 8.23. The number of amides is 1. The first-order chi connectivity index (χ1) is 14.7. The molecule has 1 amide bonds. The molecule has 1 saturated heterocycles. The van der Waals surface area contributed by atoms with Crippen LogP contribution in [0.1, 0.15) is 17.5 Å². The lowest BCUT2D eigenvalue weighted by Gasteiger charge is -2.23. The largest absolute Gasteiger partial charge is 0.384 e. The van der Waals surface area contributed by atoms with Crippen LogP contribution >= 0.6 is 22.9 Å². The number of benzene rings is 2. The monoisotopic (exact) mass is 476 g/mol. The van der Waals surface area contributed by atoms with Gasteiger partial charge < -0.3 is 10.6 Å². The van der Waals surface area contributed by atoms with E-state index in [1.165, 1.54) is 11.4 Å². The summed E-state index contributed by atoms with van der Waals surface area (Å²) in [6, 6.07) is 13.2. The number of fused-ring (bicyclic) bond motifs is 1. The number of sulfonamides is 1. The molecule has 0 saturated carbocycles. The summed E-state index contributed by atoms with van der Waals surface area (Å²) in [6.07, 6.45) is 0.414. The number of carbonyl (C=O) groups excluding carboxylic acids is 1. The topological polar surface area (TPSA) is 108 Å². The maximum Gasteiger partial charge on any atom is 0.253 e.